The molecule has 31 heavy (non-hydrogen) atoms. The van der Waals surface area contributed by atoms with Crippen LogP contribution in [0.15, 0.2) is 59.0 Å². The lowest BCUT2D eigenvalue weighted by atomic mass is 9.85. The number of carbonyl (C=O) groups excluding carboxylic acids is 1. The van der Waals surface area contributed by atoms with Crippen molar-refractivity contribution in [3.05, 3.63) is 65.1 Å². The molecule has 0 fully saturated rings. The lowest BCUT2D eigenvalue weighted by Gasteiger charge is -2.32. The number of aromatic nitrogens is 4. The monoisotopic (exact) mass is 435 g/mol. The molecule has 0 spiro atoms. The number of hydrogen-bond acceptors (Lipinski definition) is 8. The number of thioether (sulfide) groups is 1. The minimum Gasteiger partial charge on any atom is -0.504 e. The Morgan fingerprint density at radius 1 is 1.29 bits per heavy atom. The first-order chi connectivity index (χ1) is 15.1. The maximum atomic E-state index is 12.9. The summed E-state index contributed by atoms with van der Waals surface area (Å²) in [5.41, 5.74) is 3.36. The SMILES string of the molecule is COc1cc([C@@H]2C3=C(CCCC3=O)Nc3nc(SCc4ccccn4)nn32)ccc1O. The standard InChI is InChI=1S/C22H21N5O3S/c1-30-18-11-13(8-9-16(18)28)20-19-15(6-4-7-17(19)29)24-21-25-22(26-27(20)21)31-12-14-5-2-3-10-23-14/h2-3,5,8-11,20,28H,4,6-7,12H2,1H3,(H,24,25,26)/t20-/m1/s1. The summed E-state index contributed by atoms with van der Waals surface area (Å²) in [4.78, 5) is 21.9. The molecule has 2 aromatic heterocycles. The number of Topliss-reactive ketones (excluding diaryl/α,β-unsaturated/α-hetero) is 1. The fourth-order valence-corrected chi connectivity index (χ4v) is 4.74. The number of rotatable bonds is 5. The van der Waals surface area contributed by atoms with Gasteiger partial charge in [0.1, 0.15) is 6.04 Å². The Labute approximate surface area is 183 Å². The Morgan fingerprint density at radius 3 is 3.00 bits per heavy atom. The zero-order valence-electron chi connectivity index (χ0n) is 16.9. The van der Waals surface area contributed by atoms with Crippen LogP contribution in [0.25, 0.3) is 0 Å². The van der Waals surface area contributed by atoms with Gasteiger partial charge in [0.05, 0.1) is 12.8 Å². The van der Waals surface area contributed by atoms with Crippen molar-refractivity contribution in [1.82, 2.24) is 19.7 Å². The number of benzene rings is 1. The molecular weight excluding hydrogens is 414 g/mol. The average Bonchev–Trinajstić information content (AvgIpc) is 3.20. The van der Waals surface area contributed by atoms with E-state index in [0.29, 0.717) is 34.6 Å². The van der Waals surface area contributed by atoms with Crippen molar-refractivity contribution in [2.45, 2.75) is 36.2 Å². The van der Waals surface area contributed by atoms with E-state index in [9.17, 15) is 9.90 Å². The lowest BCUT2D eigenvalue weighted by Crippen LogP contribution is -2.31. The fourth-order valence-electron chi connectivity index (χ4n) is 3.99. The van der Waals surface area contributed by atoms with Crippen molar-refractivity contribution >= 4 is 23.5 Å². The van der Waals surface area contributed by atoms with Crippen molar-refractivity contribution in [2.24, 2.45) is 0 Å². The molecule has 0 unspecified atom stereocenters. The van der Waals surface area contributed by atoms with Crippen molar-refractivity contribution in [1.29, 1.82) is 0 Å². The zero-order chi connectivity index (χ0) is 21.4. The van der Waals surface area contributed by atoms with Gasteiger partial charge < -0.3 is 15.2 Å². The maximum Gasteiger partial charge on any atom is 0.227 e. The zero-order valence-corrected chi connectivity index (χ0v) is 17.7. The summed E-state index contributed by atoms with van der Waals surface area (Å²) < 4.78 is 7.06. The number of aromatic hydroxyl groups is 1. The van der Waals surface area contributed by atoms with Crippen LogP contribution in [-0.4, -0.2) is 37.7 Å². The van der Waals surface area contributed by atoms with Gasteiger partial charge in [-0.2, -0.15) is 4.98 Å². The van der Waals surface area contributed by atoms with Gasteiger partial charge in [-0.05, 0) is 42.7 Å². The van der Waals surface area contributed by atoms with E-state index in [1.54, 1.807) is 29.1 Å². The number of carbonyl (C=O) groups is 1. The Balaban J connectivity index is 1.54. The van der Waals surface area contributed by atoms with Crippen LogP contribution in [0.4, 0.5) is 5.95 Å². The highest BCUT2D eigenvalue weighted by molar-refractivity contribution is 7.98. The van der Waals surface area contributed by atoms with Gasteiger partial charge in [0.15, 0.2) is 17.3 Å². The maximum absolute atomic E-state index is 12.9. The predicted molar refractivity (Wildman–Crippen MR) is 116 cm³/mol. The molecule has 0 bridgehead atoms. The van der Waals surface area contributed by atoms with Gasteiger partial charge in [-0.15, -0.1) is 5.10 Å². The Kier molecular flexibility index (Phi) is 5.11. The molecule has 1 aliphatic carbocycles. The highest BCUT2D eigenvalue weighted by Gasteiger charge is 2.37. The van der Waals surface area contributed by atoms with Crippen LogP contribution >= 0.6 is 11.8 Å². The van der Waals surface area contributed by atoms with Crippen LogP contribution < -0.4 is 10.1 Å². The van der Waals surface area contributed by atoms with Gasteiger partial charge in [-0.25, -0.2) is 4.68 Å². The first-order valence-electron chi connectivity index (χ1n) is 10.0. The van der Waals surface area contributed by atoms with E-state index in [1.807, 2.05) is 18.2 Å². The van der Waals surface area contributed by atoms with Crippen LogP contribution in [0.3, 0.4) is 0 Å². The summed E-state index contributed by atoms with van der Waals surface area (Å²) in [7, 11) is 1.50. The number of fused-ring (bicyclic) bond motifs is 1. The summed E-state index contributed by atoms with van der Waals surface area (Å²) in [5.74, 6) is 1.76. The van der Waals surface area contributed by atoms with Gasteiger partial charge in [0.2, 0.25) is 11.1 Å². The van der Waals surface area contributed by atoms with Gasteiger partial charge in [0, 0.05) is 29.6 Å². The quantitative estimate of drug-likeness (QED) is 0.585. The number of ether oxygens (including phenoxy) is 1. The number of pyridine rings is 1. The van der Waals surface area contributed by atoms with Gasteiger partial charge in [0.25, 0.3) is 0 Å². The van der Waals surface area contributed by atoms with E-state index < -0.39 is 6.04 Å². The van der Waals surface area contributed by atoms with Gasteiger partial charge in [-0.3, -0.25) is 9.78 Å². The molecule has 0 saturated carbocycles. The van der Waals surface area contributed by atoms with E-state index in [4.69, 9.17) is 9.84 Å². The summed E-state index contributed by atoms with van der Waals surface area (Å²) in [6.45, 7) is 0. The highest BCUT2D eigenvalue weighted by atomic mass is 32.2. The number of phenols is 1. The number of hydrogen-bond donors (Lipinski definition) is 2. The summed E-state index contributed by atoms with van der Waals surface area (Å²) in [6, 6.07) is 10.5. The topological polar surface area (TPSA) is 102 Å². The van der Waals surface area contributed by atoms with E-state index in [-0.39, 0.29) is 11.5 Å². The first-order valence-corrected chi connectivity index (χ1v) is 11.0. The number of methoxy groups -OCH3 is 1. The van der Waals surface area contributed by atoms with Gasteiger partial charge in [-0.1, -0.05) is 23.9 Å². The van der Waals surface area contributed by atoms with Crippen LogP contribution in [-0.2, 0) is 10.5 Å². The third-order valence-corrected chi connectivity index (χ3v) is 6.31. The summed E-state index contributed by atoms with van der Waals surface area (Å²) in [5, 5.41) is 18.7. The summed E-state index contributed by atoms with van der Waals surface area (Å²) >= 11 is 1.49. The third-order valence-electron chi connectivity index (χ3n) is 5.44. The molecule has 0 radical (unpaired) electrons. The Morgan fingerprint density at radius 2 is 2.19 bits per heavy atom. The third kappa shape index (κ3) is 3.65. The second-order valence-electron chi connectivity index (χ2n) is 7.40. The molecule has 0 saturated heterocycles. The van der Waals surface area contributed by atoms with Crippen LogP contribution in [0.5, 0.6) is 11.5 Å². The van der Waals surface area contributed by atoms with Crippen LogP contribution in [0.1, 0.15) is 36.6 Å². The number of nitrogens with one attached hydrogen (secondary N) is 1. The van der Waals surface area contributed by atoms with Crippen molar-refractivity contribution in [2.75, 3.05) is 12.4 Å². The van der Waals surface area contributed by atoms with Crippen molar-refractivity contribution < 1.29 is 14.6 Å². The molecule has 2 N–H and O–H groups in total. The number of allylic oxidation sites excluding steroid dienone is 2. The number of nitrogens with zero attached hydrogens (tertiary/aromatic N) is 4. The number of anilines is 1. The minimum absolute atomic E-state index is 0.0507. The summed E-state index contributed by atoms with van der Waals surface area (Å²) in [6.07, 6.45) is 3.88. The molecule has 158 valence electrons. The molecular formula is C22H21N5O3S. The van der Waals surface area contributed by atoms with E-state index in [1.165, 1.54) is 18.9 Å². The van der Waals surface area contributed by atoms with Crippen LogP contribution in [0, 0.1) is 0 Å². The molecule has 8 nitrogen and oxygen atoms in total. The predicted octanol–water partition coefficient (Wildman–Crippen LogP) is 3.70. The number of phenolic OH excluding ortho intramolecular Hbond substituents is 1. The smallest absolute Gasteiger partial charge is 0.227 e. The average molecular weight is 436 g/mol. The molecule has 3 aromatic rings. The Hall–Kier alpha value is -3.33. The lowest BCUT2D eigenvalue weighted by molar-refractivity contribution is -0.116. The molecule has 2 aliphatic rings. The van der Waals surface area contributed by atoms with Crippen molar-refractivity contribution in [3.63, 3.8) is 0 Å². The normalized spacial score (nSPS) is 17.7. The molecule has 9 heteroatoms. The molecule has 1 atom stereocenters. The molecule has 1 aliphatic heterocycles. The van der Waals surface area contributed by atoms with Crippen LogP contribution in [0.2, 0.25) is 0 Å². The second kappa shape index (κ2) is 8.07. The minimum atomic E-state index is -0.426. The highest BCUT2D eigenvalue weighted by Crippen LogP contribution is 2.42. The molecule has 0 amide bonds. The first kappa shape index (κ1) is 19.6. The molecule has 1 aromatic carbocycles. The Bertz CT molecular complexity index is 1180. The second-order valence-corrected chi connectivity index (χ2v) is 8.34. The largest absolute Gasteiger partial charge is 0.504 e. The van der Waals surface area contributed by atoms with Gasteiger partial charge >= 0.3 is 0 Å². The van der Waals surface area contributed by atoms with E-state index >= 15 is 0 Å². The molecule has 3 heterocycles. The van der Waals surface area contributed by atoms with Crippen molar-refractivity contribution in [3.8, 4) is 11.5 Å². The van der Waals surface area contributed by atoms with E-state index in [0.717, 1.165) is 29.8 Å². The molecule has 5 rings (SSSR count). The van der Waals surface area contributed by atoms with E-state index in [2.05, 4.69) is 15.3 Å². The fraction of sp³-hybridized carbons (Fsp3) is 0.273. The number of ketones is 1.